The molecule has 2 atom stereocenters. The van der Waals surface area contributed by atoms with Gasteiger partial charge in [-0.3, -0.25) is 4.18 Å². The predicted octanol–water partition coefficient (Wildman–Crippen LogP) is 1.78. The number of hydrogen-bond acceptors (Lipinski definition) is 6. The number of nitrogens with zero attached hydrogens (tertiary/aromatic N) is 2. The summed E-state index contributed by atoms with van der Waals surface area (Å²) in [7, 11) is -8.32. The Hall–Kier alpha value is -1.25. The number of alkyl halides is 3. The van der Waals surface area contributed by atoms with E-state index < -0.39 is 57.9 Å². The maximum atomic E-state index is 13.5. The van der Waals surface area contributed by atoms with Gasteiger partial charge in [0, 0.05) is 26.2 Å². The van der Waals surface area contributed by atoms with Gasteiger partial charge in [-0.2, -0.15) is 38.6 Å². The number of piperidine rings is 1. The van der Waals surface area contributed by atoms with Gasteiger partial charge < -0.3 is 4.74 Å². The van der Waals surface area contributed by atoms with E-state index in [0.29, 0.717) is 0 Å². The fourth-order valence-corrected chi connectivity index (χ4v) is 6.29. The van der Waals surface area contributed by atoms with Gasteiger partial charge in [0.25, 0.3) is 20.3 Å². The highest BCUT2D eigenvalue weighted by atomic mass is 32.2. The van der Waals surface area contributed by atoms with E-state index in [1.165, 1.54) is 12.1 Å². The topological polar surface area (TPSA) is 93.2 Å². The molecular formula is C18H25F3N2O6S2. The van der Waals surface area contributed by atoms with Crippen molar-refractivity contribution in [2.75, 3.05) is 46.0 Å². The summed E-state index contributed by atoms with van der Waals surface area (Å²) in [4.78, 5) is -0.112. The van der Waals surface area contributed by atoms with Crippen LogP contribution in [0.15, 0.2) is 29.2 Å². The number of ether oxygens (including phenoxy) is 1. The lowest BCUT2D eigenvalue weighted by atomic mass is 9.90. The second-order valence-electron chi connectivity index (χ2n) is 7.73. The van der Waals surface area contributed by atoms with E-state index in [2.05, 4.69) is 0 Å². The molecule has 0 radical (unpaired) electrons. The molecule has 8 nitrogen and oxygen atoms in total. The van der Waals surface area contributed by atoms with Crippen LogP contribution in [0.25, 0.3) is 0 Å². The summed E-state index contributed by atoms with van der Waals surface area (Å²) in [5.41, 5.74) is 0.836. The Balaban J connectivity index is 1.75. The molecule has 31 heavy (non-hydrogen) atoms. The molecule has 2 aliphatic rings. The second-order valence-corrected chi connectivity index (χ2v) is 11.3. The monoisotopic (exact) mass is 486 g/mol. The SMILES string of the molecule is Cc1ccc(S(=O)(=O)OCC2CC(C(F)(F)F)CN(S(=O)(=O)N3CCOCC3)C2)cc1. The van der Waals surface area contributed by atoms with Gasteiger partial charge in [0.05, 0.1) is 30.6 Å². The quantitative estimate of drug-likeness (QED) is 0.569. The first-order chi connectivity index (χ1) is 14.4. The Morgan fingerprint density at radius 3 is 2.23 bits per heavy atom. The van der Waals surface area contributed by atoms with Gasteiger partial charge in [-0.1, -0.05) is 17.7 Å². The van der Waals surface area contributed by atoms with Crippen LogP contribution in [-0.2, 0) is 29.2 Å². The third-order valence-corrected chi connectivity index (χ3v) is 8.62. The van der Waals surface area contributed by atoms with E-state index in [1.807, 2.05) is 0 Å². The lowest BCUT2D eigenvalue weighted by molar-refractivity contribution is -0.187. The highest BCUT2D eigenvalue weighted by Crippen LogP contribution is 2.37. The molecule has 0 spiro atoms. The maximum Gasteiger partial charge on any atom is 0.393 e. The molecule has 0 saturated carbocycles. The smallest absolute Gasteiger partial charge is 0.379 e. The average Bonchev–Trinajstić information content (AvgIpc) is 2.72. The van der Waals surface area contributed by atoms with Crippen molar-refractivity contribution in [1.82, 2.24) is 8.61 Å². The van der Waals surface area contributed by atoms with Crippen molar-refractivity contribution < 1.29 is 38.9 Å². The van der Waals surface area contributed by atoms with Crippen molar-refractivity contribution >= 4 is 20.3 Å². The summed E-state index contributed by atoms with van der Waals surface area (Å²) in [6, 6.07) is 5.85. The molecule has 3 rings (SSSR count). The normalized spacial score (nSPS) is 24.9. The summed E-state index contributed by atoms with van der Waals surface area (Å²) in [6.07, 6.45) is -5.03. The van der Waals surface area contributed by atoms with Crippen LogP contribution in [0.5, 0.6) is 0 Å². The zero-order chi connectivity index (χ0) is 22.9. The van der Waals surface area contributed by atoms with Crippen LogP contribution in [0.4, 0.5) is 13.2 Å². The minimum Gasteiger partial charge on any atom is -0.379 e. The number of aryl methyl sites for hydroxylation is 1. The summed E-state index contributed by atoms with van der Waals surface area (Å²) in [5.74, 6) is -2.84. The molecule has 2 heterocycles. The zero-order valence-corrected chi connectivity index (χ0v) is 18.5. The predicted molar refractivity (Wildman–Crippen MR) is 105 cm³/mol. The average molecular weight is 487 g/mol. The third-order valence-electron chi connectivity index (χ3n) is 5.36. The van der Waals surface area contributed by atoms with Crippen LogP contribution >= 0.6 is 0 Å². The fourth-order valence-electron chi connectivity index (χ4n) is 3.61. The van der Waals surface area contributed by atoms with E-state index in [4.69, 9.17) is 8.92 Å². The second kappa shape index (κ2) is 9.32. The largest absolute Gasteiger partial charge is 0.393 e. The van der Waals surface area contributed by atoms with Gasteiger partial charge >= 0.3 is 6.18 Å². The number of halogens is 3. The number of rotatable bonds is 6. The molecule has 1 aromatic carbocycles. The van der Waals surface area contributed by atoms with Gasteiger partial charge in [0.1, 0.15) is 0 Å². The van der Waals surface area contributed by atoms with E-state index in [9.17, 15) is 30.0 Å². The summed E-state index contributed by atoms with van der Waals surface area (Å²) >= 11 is 0. The minimum atomic E-state index is -4.62. The van der Waals surface area contributed by atoms with Crippen LogP contribution < -0.4 is 0 Å². The van der Waals surface area contributed by atoms with Crippen molar-refractivity contribution in [2.45, 2.75) is 24.4 Å². The molecule has 0 bridgehead atoms. The molecule has 0 aromatic heterocycles. The van der Waals surface area contributed by atoms with E-state index in [0.717, 1.165) is 14.2 Å². The highest BCUT2D eigenvalue weighted by molar-refractivity contribution is 7.87. The first-order valence-corrected chi connectivity index (χ1v) is 12.6. The van der Waals surface area contributed by atoms with Crippen LogP contribution in [0.2, 0.25) is 0 Å². The first-order valence-electron chi connectivity index (χ1n) is 9.75. The molecule has 2 saturated heterocycles. The molecule has 13 heteroatoms. The van der Waals surface area contributed by atoms with Crippen molar-refractivity contribution in [1.29, 1.82) is 0 Å². The molecule has 2 aliphatic heterocycles. The van der Waals surface area contributed by atoms with E-state index in [1.54, 1.807) is 19.1 Å². The zero-order valence-electron chi connectivity index (χ0n) is 16.9. The Bertz CT molecular complexity index is 961. The van der Waals surface area contributed by atoms with Gasteiger partial charge in [-0.15, -0.1) is 0 Å². The minimum absolute atomic E-state index is 0.0541. The molecule has 0 N–H and O–H groups in total. The van der Waals surface area contributed by atoms with E-state index >= 15 is 0 Å². The lowest BCUT2D eigenvalue weighted by Crippen LogP contribution is -2.55. The molecule has 176 valence electrons. The van der Waals surface area contributed by atoms with Crippen molar-refractivity contribution in [2.24, 2.45) is 11.8 Å². The molecule has 2 unspecified atom stereocenters. The molecular weight excluding hydrogens is 461 g/mol. The van der Waals surface area contributed by atoms with Crippen molar-refractivity contribution in [3.63, 3.8) is 0 Å². The number of morpholine rings is 1. The molecule has 0 aliphatic carbocycles. The summed E-state index contributed by atoms with van der Waals surface area (Å²) in [6.45, 7) is 0.712. The Morgan fingerprint density at radius 1 is 1.03 bits per heavy atom. The lowest BCUT2D eigenvalue weighted by Gasteiger charge is -2.40. The van der Waals surface area contributed by atoms with Gasteiger partial charge in [0.15, 0.2) is 0 Å². The van der Waals surface area contributed by atoms with Gasteiger partial charge in [0.2, 0.25) is 0 Å². The molecule has 1 aromatic rings. The summed E-state index contributed by atoms with van der Waals surface area (Å²) in [5, 5.41) is 0. The van der Waals surface area contributed by atoms with Crippen LogP contribution in [0, 0.1) is 18.8 Å². The fraction of sp³-hybridized carbons (Fsp3) is 0.667. The highest BCUT2D eigenvalue weighted by Gasteiger charge is 2.48. The standard InChI is InChI=1S/C18H25F3N2O6S2/c1-14-2-4-17(5-3-14)30(24,25)29-13-15-10-16(18(19,20)21)12-23(11-15)31(26,27)22-6-8-28-9-7-22/h2-5,15-16H,6-13H2,1H3. The van der Waals surface area contributed by atoms with Crippen molar-refractivity contribution in [3.05, 3.63) is 29.8 Å². The molecule has 0 amide bonds. The van der Waals surface area contributed by atoms with E-state index in [-0.39, 0.29) is 37.7 Å². The Morgan fingerprint density at radius 2 is 1.65 bits per heavy atom. The van der Waals surface area contributed by atoms with Crippen LogP contribution in [-0.4, -0.2) is 77.6 Å². The maximum absolute atomic E-state index is 13.5. The van der Waals surface area contributed by atoms with Gasteiger partial charge in [-0.25, -0.2) is 0 Å². The van der Waals surface area contributed by atoms with Gasteiger partial charge in [-0.05, 0) is 31.4 Å². The number of hydrogen-bond donors (Lipinski definition) is 0. The Labute approximate surface area is 180 Å². The summed E-state index contributed by atoms with van der Waals surface area (Å²) < 4.78 is 103. The Kier molecular flexibility index (Phi) is 7.33. The number of benzene rings is 1. The molecule has 2 fully saturated rings. The van der Waals surface area contributed by atoms with Crippen LogP contribution in [0.3, 0.4) is 0 Å². The van der Waals surface area contributed by atoms with Crippen LogP contribution in [0.1, 0.15) is 12.0 Å². The first kappa shape index (κ1) is 24.4. The van der Waals surface area contributed by atoms with Crippen molar-refractivity contribution in [3.8, 4) is 0 Å². The third kappa shape index (κ3) is 5.96.